The minimum atomic E-state index is -0.0143. The van der Waals surface area contributed by atoms with Crippen LogP contribution in [-0.2, 0) is 24.2 Å². The number of benzene rings is 2. The van der Waals surface area contributed by atoms with Gasteiger partial charge in [-0.1, -0.05) is 18.2 Å². The van der Waals surface area contributed by atoms with E-state index in [0.29, 0.717) is 43.2 Å². The number of hydrogen-bond donors (Lipinski definition) is 2. The Bertz CT molecular complexity index is 1320. The Kier molecular flexibility index (Phi) is 6.99. The number of nitrogens with zero attached hydrogens (tertiary/aromatic N) is 4. The van der Waals surface area contributed by atoms with Crippen LogP contribution in [0.25, 0.3) is 5.65 Å². The molecule has 1 amide bonds. The molecule has 2 aromatic heterocycles. The molecule has 35 heavy (non-hydrogen) atoms. The van der Waals surface area contributed by atoms with Gasteiger partial charge >= 0.3 is 0 Å². The van der Waals surface area contributed by atoms with E-state index in [1.165, 1.54) is 10.5 Å². The maximum absolute atomic E-state index is 12.3. The van der Waals surface area contributed by atoms with Crippen LogP contribution in [0.4, 0.5) is 5.82 Å². The Balaban J connectivity index is 1.13. The highest BCUT2D eigenvalue weighted by Crippen LogP contribution is 2.32. The first-order valence-corrected chi connectivity index (χ1v) is 12.6. The van der Waals surface area contributed by atoms with E-state index in [0.717, 1.165) is 23.5 Å². The summed E-state index contributed by atoms with van der Waals surface area (Å²) in [4.78, 5) is 13.6. The van der Waals surface area contributed by atoms with Gasteiger partial charge in [-0.2, -0.15) is 4.52 Å². The molecule has 0 saturated heterocycles. The average molecular weight is 491 g/mol. The second-order valence-corrected chi connectivity index (χ2v) is 8.97. The number of nitrogens with one attached hydrogen (secondary N) is 2. The van der Waals surface area contributed by atoms with Crippen LogP contribution in [0.5, 0.6) is 11.5 Å². The lowest BCUT2D eigenvalue weighted by molar-refractivity contribution is -0.121. The van der Waals surface area contributed by atoms with Crippen molar-refractivity contribution in [3.63, 3.8) is 0 Å². The first-order valence-electron chi connectivity index (χ1n) is 11.4. The van der Waals surface area contributed by atoms with Crippen LogP contribution in [0.15, 0.2) is 59.5 Å². The van der Waals surface area contributed by atoms with Crippen LogP contribution in [0, 0.1) is 0 Å². The third-order valence-corrected chi connectivity index (χ3v) is 6.45. The van der Waals surface area contributed by atoms with E-state index < -0.39 is 0 Å². The van der Waals surface area contributed by atoms with E-state index in [2.05, 4.69) is 56.5 Å². The third kappa shape index (κ3) is 5.65. The fourth-order valence-electron chi connectivity index (χ4n) is 3.78. The Labute approximate surface area is 207 Å². The highest BCUT2D eigenvalue weighted by Gasteiger charge is 2.14. The van der Waals surface area contributed by atoms with Crippen molar-refractivity contribution in [2.24, 2.45) is 0 Å². The molecule has 4 aromatic rings. The minimum absolute atomic E-state index is 0.0143. The van der Waals surface area contributed by atoms with E-state index >= 15 is 0 Å². The molecule has 2 N–H and O–H groups in total. The quantitative estimate of drug-likeness (QED) is 0.326. The smallest absolute Gasteiger partial charge is 0.231 e. The fraction of sp³-hybridized carbons (Fsp3) is 0.280. The molecule has 0 aliphatic carbocycles. The van der Waals surface area contributed by atoms with Crippen molar-refractivity contribution < 1.29 is 14.3 Å². The summed E-state index contributed by atoms with van der Waals surface area (Å²) in [7, 11) is 0. The summed E-state index contributed by atoms with van der Waals surface area (Å²) in [5, 5.41) is 19.3. The van der Waals surface area contributed by atoms with Gasteiger partial charge in [0.05, 0.1) is 0 Å². The Morgan fingerprint density at radius 1 is 1.00 bits per heavy atom. The molecule has 0 atom stereocenters. The fourth-order valence-corrected chi connectivity index (χ4v) is 4.19. The number of rotatable bonds is 10. The molecule has 0 radical (unpaired) electrons. The lowest BCUT2D eigenvalue weighted by atomic mass is 10.1. The SMILES string of the molecule is CSc1ccc(CCNC(=O)CCc2nnc3ccc(NCc4ccc5c(c4)OCO5)nn23)cc1. The molecule has 0 unspecified atom stereocenters. The van der Waals surface area contributed by atoms with Gasteiger partial charge < -0.3 is 20.1 Å². The number of carbonyl (C=O) groups is 1. The molecule has 180 valence electrons. The first-order chi connectivity index (χ1) is 17.2. The average Bonchev–Trinajstić information content (AvgIpc) is 3.53. The molecule has 5 rings (SSSR count). The molecule has 1 aliphatic heterocycles. The number of thioether (sulfide) groups is 1. The van der Waals surface area contributed by atoms with Crippen LogP contribution in [0.3, 0.4) is 0 Å². The summed E-state index contributed by atoms with van der Waals surface area (Å²) < 4.78 is 12.5. The highest BCUT2D eigenvalue weighted by molar-refractivity contribution is 7.98. The van der Waals surface area contributed by atoms with E-state index in [4.69, 9.17) is 9.47 Å². The van der Waals surface area contributed by atoms with Gasteiger partial charge in [-0.05, 0) is 60.2 Å². The zero-order chi connectivity index (χ0) is 24.0. The molecule has 0 saturated carbocycles. The molecule has 10 heteroatoms. The van der Waals surface area contributed by atoms with E-state index in [1.807, 2.05) is 30.3 Å². The lowest BCUT2D eigenvalue weighted by Gasteiger charge is -2.08. The molecule has 0 bridgehead atoms. The third-order valence-electron chi connectivity index (χ3n) is 5.71. The first kappa shape index (κ1) is 23.0. The number of fused-ring (bicyclic) bond motifs is 2. The number of aromatic nitrogens is 4. The summed E-state index contributed by atoms with van der Waals surface area (Å²) in [5.41, 5.74) is 2.90. The number of aryl methyl sites for hydroxylation is 1. The van der Waals surface area contributed by atoms with Crippen molar-refractivity contribution >= 4 is 29.1 Å². The molecule has 9 nitrogen and oxygen atoms in total. The van der Waals surface area contributed by atoms with E-state index in [9.17, 15) is 4.79 Å². The van der Waals surface area contributed by atoms with Gasteiger partial charge in [0.2, 0.25) is 12.7 Å². The van der Waals surface area contributed by atoms with Crippen molar-refractivity contribution in [3.05, 3.63) is 71.5 Å². The van der Waals surface area contributed by atoms with Crippen LogP contribution in [0.1, 0.15) is 23.4 Å². The van der Waals surface area contributed by atoms with Gasteiger partial charge in [0, 0.05) is 30.8 Å². The molecule has 0 spiro atoms. The number of amides is 1. The zero-order valence-corrected chi connectivity index (χ0v) is 20.2. The van der Waals surface area contributed by atoms with E-state index in [1.54, 1.807) is 16.3 Å². The predicted octanol–water partition coefficient (Wildman–Crippen LogP) is 3.48. The molecular weight excluding hydrogens is 464 g/mol. The number of hydrogen-bond acceptors (Lipinski definition) is 8. The molecular formula is C25H26N6O3S. The Hall–Kier alpha value is -3.79. The van der Waals surface area contributed by atoms with Crippen LogP contribution in [0.2, 0.25) is 0 Å². The largest absolute Gasteiger partial charge is 0.454 e. The van der Waals surface area contributed by atoms with Gasteiger partial charge in [0.15, 0.2) is 23.0 Å². The topological polar surface area (TPSA) is 103 Å². The Morgan fingerprint density at radius 2 is 1.83 bits per heavy atom. The maximum atomic E-state index is 12.3. The van der Waals surface area contributed by atoms with Gasteiger partial charge in [-0.3, -0.25) is 4.79 Å². The molecule has 0 fully saturated rings. The van der Waals surface area contributed by atoms with Crippen LogP contribution in [-0.4, -0.2) is 45.3 Å². The summed E-state index contributed by atoms with van der Waals surface area (Å²) >= 11 is 1.72. The molecule has 3 heterocycles. The standard InChI is InChI=1S/C25H26N6O3S/c1-35-19-5-2-17(3-6-19)12-13-26-25(32)11-10-24-29-28-23-9-8-22(30-31(23)24)27-15-18-4-7-20-21(14-18)34-16-33-20/h2-9,14H,10-13,15-16H2,1H3,(H,26,32)(H,27,30). The summed E-state index contributed by atoms with van der Waals surface area (Å²) in [6, 6.07) is 18.0. The molecule has 2 aromatic carbocycles. The number of carbonyl (C=O) groups excluding carboxylic acids is 1. The number of anilines is 1. The Morgan fingerprint density at radius 3 is 2.69 bits per heavy atom. The maximum Gasteiger partial charge on any atom is 0.231 e. The van der Waals surface area contributed by atoms with Crippen molar-refractivity contribution in [2.45, 2.75) is 30.7 Å². The second-order valence-electron chi connectivity index (χ2n) is 8.09. The second kappa shape index (κ2) is 10.6. The molecule has 1 aliphatic rings. The van der Waals surface area contributed by atoms with Crippen molar-refractivity contribution in [2.75, 3.05) is 24.9 Å². The van der Waals surface area contributed by atoms with Gasteiger partial charge in [0.1, 0.15) is 5.82 Å². The van der Waals surface area contributed by atoms with Gasteiger partial charge in [0.25, 0.3) is 0 Å². The van der Waals surface area contributed by atoms with Crippen molar-refractivity contribution in [1.29, 1.82) is 0 Å². The minimum Gasteiger partial charge on any atom is -0.454 e. The lowest BCUT2D eigenvalue weighted by Crippen LogP contribution is -2.26. The monoisotopic (exact) mass is 490 g/mol. The van der Waals surface area contributed by atoms with Crippen LogP contribution >= 0.6 is 11.8 Å². The van der Waals surface area contributed by atoms with Gasteiger partial charge in [-0.25, -0.2) is 0 Å². The highest BCUT2D eigenvalue weighted by atomic mass is 32.2. The zero-order valence-electron chi connectivity index (χ0n) is 19.4. The summed E-state index contributed by atoms with van der Waals surface area (Å²) in [6.07, 6.45) is 3.63. The number of ether oxygens (including phenoxy) is 2. The summed E-state index contributed by atoms with van der Waals surface area (Å²) in [5.74, 6) is 2.83. The van der Waals surface area contributed by atoms with E-state index in [-0.39, 0.29) is 12.7 Å². The predicted molar refractivity (Wildman–Crippen MR) is 134 cm³/mol. The summed E-state index contributed by atoms with van der Waals surface area (Å²) in [6.45, 7) is 1.43. The van der Waals surface area contributed by atoms with Gasteiger partial charge in [-0.15, -0.1) is 27.1 Å². The van der Waals surface area contributed by atoms with Crippen LogP contribution < -0.4 is 20.1 Å². The van der Waals surface area contributed by atoms with Crippen molar-refractivity contribution in [3.8, 4) is 11.5 Å². The normalized spacial score (nSPS) is 12.1. The van der Waals surface area contributed by atoms with Crippen molar-refractivity contribution in [1.82, 2.24) is 25.1 Å².